The molecular formula is C17H17Br. The molecule has 1 aliphatic rings. The van der Waals surface area contributed by atoms with E-state index >= 15 is 0 Å². The summed E-state index contributed by atoms with van der Waals surface area (Å²) in [6, 6.07) is 17.7. The molecule has 1 atom stereocenters. The van der Waals surface area contributed by atoms with Gasteiger partial charge in [-0.3, -0.25) is 0 Å². The van der Waals surface area contributed by atoms with Crippen molar-refractivity contribution < 1.29 is 0 Å². The van der Waals surface area contributed by atoms with Crippen LogP contribution in [0.2, 0.25) is 0 Å². The van der Waals surface area contributed by atoms with Gasteiger partial charge >= 0.3 is 0 Å². The van der Waals surface area contributed by atoms with Gasteiger partial charge in [0.15, 0.2) is 0 Å². The molecular weight excluding hydrogens is 284 g/mol. The Morgan fingerprint density at radius 2 is 1.50 bits per heavy atom. The van der Waals surface area contributed by atoms with Gasteiger partial charge in [0.05, 0.1) is 0 Å². The maximum atomic E-state index is 3.90. The lowest BCUT2D eigenvalue weighted by Crippen LogP contribution is -2.07. The van der Waals surface area contributed by atoms with Gasteiger partial charge in [0, 0.05) is 4.83 Å². The van der Waals surface area contributed by atoms with Crippen molar-refractivity contribution in [1.82, 2.24) is 0 Å². The van der Waals surface area contributed by atoms with Crippen LogP contribution >= 0.6 is 15.9 Å². The van der Waals surface area contributed by atoms with Gasteiger partial charge in [-0.15, -0.1) is 0 Å². The number of hydrogen-bond acceptors (Lipinski definition) is 0. The van der Waals surface area contributed by atoms with Crippen LogP contribution in [0.3, 0.4) is 0 Å². The smallest absolute Gasteiger partial charge is 0.0429 e. The predicted molar refractivity (Wildman–Crippen MR) is 80.2 cm³/mol. The fourth-order valence-corrected chi connectivity index (χ4v) is 3.50. The SMILES string of the molecule is Cc1ccc(C(Br)C2Cc3ccccc3C2)cc1. The van der Waals surface area contributed by atoms with Crippen LogP contribution in [0.5, 0.6) is 0 Å². The number of fused-ring (bicyclic) bond motifs is 1. The van der Waals surface area contributed by atoms with E-state index in [0.29, 0.717) is 10.7 Å². The molecule has 1 aliphatic carbocycles. The average molecular weight is 301 g/mol. The van der Waals surface area contributed by atoms with Crippen molar-refractivity contribution in [3.8, 4) is 0 Å². The molecule has 0 nitrogen and oxygen atoms in total. The molecule has 18 heavy (non-hydrogen) atoms. The Hall–Kier alpha value is -1.08. The third-order valence-electron chi connectivity index (χ3n) is 3.89. The van der Waals surface area contributed by atoms with Crippen LogP contribution in [-0.2, 0) is 12.8 Å². The number of hydrogen-bond donors (Lipinski definition) is 0. The molecule has 0 amide bonds. The Morgan fingerprint density at radius 1 is 0.944 bits per heavy atom. The van der Waals surface area contributed by atoms with E-state index in [9.17, 15) is 0 Å². The molecule has 1 unspecified atom stereocenters. The zero-order valence-electron chi connectivity index (χ0n) is 10.6. The molecule has 0 saturated carbocycles. The zero-order valence-corrected chi connectivity index (χ0v) is 12.2. The van der Waals surface area contributed by atoms with Crippen LogP contribution in [0.25, 0.3) is 0 Å². The molecule has 0 aromatic heterocycles. The van der Waals surface area contributed by atoms with Gasteiger partial charge in [-0.25, -0.2) is 0 Å². The predicted octanol–water partition coefficient (Wildman–Crippen LogP) is 4.85. The number of rotatable bonds is 2. The maximum Gasteiger partial charge on any atom is 0.0429 e. The number of aryl methyl sites for hydroxylation is 1. The van der Waals surface area contributed by atoms with Gasteiger partial charge in [0.2, 0.25) is 0 Å². The Morgan fingerprint density at radius 3 is 2.06 bits per heavy atom. The summed E-state index contributed by atoms with van der Waals surface area (Å²) in [5, 5.41) is 0. The third-order valence-corrected chi connectivity index (χ3v) is 5.17. The number of benzene rings is 2. The largest absolute Gasteiger partial charge is 0.0835 e. The molecule has 0 aliphatic heterocycles. The van der Waals surface area contributed by atoms with Gasteiger partial charge in [0.25, 0.3) is 0 Å². The molecule has 92 valence electrons. The molecule has 0 bridgehead atoms. The lowest BCUT2D eigenvalue weighted by atomic mass is 9.96. The van der Waals surface area contributed by atoms with Crippen molar-refractivity contribution >= 4 is 15.9 Å². The first-order valence-corrected chi connectivity index (χ1v) is 7.43. The quantitative estimate of drug-likeness (QED) is 0.696. The topological polar surface area (TPSA) is 0 Å². The molecule has 2 aromatic rings. The van der Waals surface area contributed by atoms with E-state index in [1.54, 1.807) is 0 Å². The third kappa shape index (κ3) is 2.24. The maximum absolute atomic E-state index is 3.90. The fourth-order valence-electron chi connectivity index (χ4n) is 2.82. The van der Waals surface area contributed by atoms with Gasteiger partial charge < -0.3 is 0 Å². The fraction of sp³-hybridized carbons (Fsp3) is 0.294. The van der Waals surface area contributed by atoms with Crippen molar-refractivity contribution in [2.45, 2.75) is 24.6 Å². The Balaban J connectivity index is 1.80. The first-order chi connectivity index (χ1) is 8.74. The summed E-state index contributed by atoms with van der Waals surface area (Å²) in [5.41, 5.74) is 5.78. The van der Waals surface area contributed by atoms with E-state index in [1.165, 1.54) is 35.1 Å². The summed E-state index contributed by atoms with van der Waals surface area (Å²) >= 11 is 3.90. The molecule has 1 heteroatoms. The van der Waals surface area contributed by atoms with Crippen LogP contribution in [-0.4, -0.2) is 0 Å². The Kier molecular flexibility index (Phi) is 3.25. The molecule has 3 rings (SSSR count). The van der Waals surface area contributed by atoms with Crippen molar-refractivity contribution in [3.05, 3.63) is 70.8 Å². The van der Waals surface area contributed by atoms with Gasteiger partial charge in [0.1, 0.15) is 0 Å². The van der Waals surface area contributed by atoms with Crippen molar-refractivity contribution in [2.75, 3.05) is 0 Å². The van der Waals surface area contributed by atoms with Gasteiger partial charge in [-0.2, -0.15) is 0 Å². The molecule has 0 fully saturated rings. The minimum absolute atomic E-state index is 0.463. The van der Waals surface area contributed by atoms with E-state index in [2.05, 4.69) is 71.4 Å². The molecule has 0 spiro atoms. The molecule has 0 radical (unpaired) electrons. The second-order valence-corrected chi connectivity index (χ2v) is 6.24. The van der Waals surface area contributed by atoms with Crippen LogP contribution < -0.4 is 0 Å². The summed E-state index contributed by atoms with van der Waals surface area (Å²) in [7, 11) is 0. The van der Waals surface area contributed by atoms with E-state index in [1.807, 2.05) is 0 Å². The minimum Gasteiger partial charge on any atom is -0.0835 e. The summed E-state index contributed by atoms with van der Waals surface area (Å²) < 4.78 is 0. The molecule has 2 aromatic carbocycles. The average Bonchev–Trinajstić information content (AvgIpc) is 2.82. The van der Waals surface area contributed by atoms with Crippen LogP contribution in [0.1, 0.15) is 27.1 Å². The highest BCUT2D eigenvalue weighted by Crippen LogP contribution is 2.40. The lowest BCUT2D eigenvalue weighted by molar-refractivity contribution is 0.554. The Labute approximate surface area is 117 Å². The number of alkyl halides is 1. The van der Waals surface area contributed by atoms with Gasteiger partial charge in [-0.1, -0.05) is 70.0 Å². The first-order valence-electron chi connectivity index (χ1n) is 6.51. The van der Waals surface area contributed by atoms with Gasteiger partial charge in [-0.05, 0) is 42.4 Å². The number of halogens is 1. The first kappa shape index (κ1) is 12.0. The standard InChI is InChI=1S/C17H17Br/c1-12-6-8-13(9-7-12)17(18)16-10-14-4-2-3-5-15(14)11-16/h2-9,16-17H,10-11H2,1H3. The lowest BCUT2D eigenvalue weighted by Gasteiger charge is -2.17. The normalized spacial score (nSPS) is 16.6. The molecule has 0 saturated heterocycles. The van der Waals surface area contributed by atoms with E-state index in [0.717, 1.165) is 0 Å². The van der Waals surface area contributed by atoms with Crippen molar-refractivity contribution in [1.29, 1.82) is 0 Å². The van der Waals surface area contributed by atoms with Crippen LogP contribution in [0.15, 0.2) is 48.5 Å². The molecule has 0 N–H and O–H groups in total. The van der Waals surface area contributed by atoms with E-state index in [4.69, 9.17) is 0 Å². The highest BCUT2D eigenvalue weighted by molar-refractivity contribution is 9.09. The van der Waals surface area contributed by atoms with E-state index in [-0.39, 0.29) is 0 Å². The monoisotopic (exact) mass is 300 g/mol. The summed E-state index contributed by atoms with van der Waals surface area (Å²) in [5.74, 6) is 0.685. The highest BCUT2D eigenvalue weighted by Gasteiger charge is 2.27. The van der Waals surface area contributed by atoms with E-state index < -0.39 is 0 Å². The summed E-state index contributed by atoms with van der Waals surface area (Å²) in [4.78, 5) is 0.463. The Bertz CT molecular complexity index is 517. The van der Waals surface area contributed by atoms with Crippen LogP contribution in [0, 0.1) is 12.8 Å². The van der Waals surface area contributed by atoms with Crippen LogP contribution in [0.4, 0.5) is 0 Å². The minimum atomic E-state index is 0.463. The highest BCUT2D eigenvalue weighted by atomic mass is 79.9. The second-order valence-electron chi connectivity index (χ2n) is 5.25. The summed E-state index contributed by atoms with van der Waals surface area (Å²) in [6.45, 7) is 2.14. The zero-order chi connectivity index (χ0) is 12.5. The molecule has 0 heterocycles. The van der Waals surface area contributed by atoms with Crippen molar-refractivity contribution in [3.63, 3.8) is 0 Å². The second kappa shape index (κ2) is 4.89. The van der Waals surface area contributed by atoms with Crippen molar-refractivity contribution in [2.24, 2.45) is 5.92 Å². The summed E-state index contributed by atoms with van der Waals surface area (Å²) in [6.07, 6.45) is 2.39.